The first-order valence-corrected chi connectivity index (χ1v) is 10.8. The minimum absolute atomic E-state index is 0.0615. The van der Waals surface area contributed by atoms with E-state index in [1.165, 1.54) is 0 Å². The van der Waals surface area contributed by atoms with Gasteiger partial charge in [-0.05, 0) is 58.9 Å². The third kappa shape index (κ3) is 4.14. The van der Waals surface area contributed by atoms with Crippen molar-refractivity contribution in [2.24, 2.45) is 5.92 Å². The van der Waals surface area contributed by atoms with Gasteiger partial charge in [0.1, 0.15) is 0 Å². The summed E-state index contributed by atoms with van der Waals surface area (Å²) in [6, 6.07) is 2.21. The van der Waals surface area contributed by atoms with Crippen LogP contribution in [-0.4, -0.2) is 50.4 Å². The lowest BCUT2D eigenvalue weighted by atomic mass is 10.1. The average molecular weight is 398 g/mol. The molecule has 2 aromatic heterocycles. The fraction of sp³-hybridized carbons (Fsp3) is 0.636. The zero-order valence-electron chi connectivity index (χ0n) is 17.9. The molecule has 7 heteroatoms. The molecular formula is C22H31N5O2. The summed E-state index contributed by atoms with van der Waals surface area (Å²) in [7, 11) is 0. The fourth-order valence-corrected chi connectivity index (χ4v) is 4.33. The highest BCUT2D eigenvalue weighted by Crippen LogP contribution is 2.35. The molecule has 3 heterocycles. The first kappa shape index (κ1) is 19.9. The van der Waals surface area contributed by atoms with E-state index in [2.05, 4.69) is 11.4 Å². The molecule has 29 heavy (non-hydrogen) atoms. The van der Waals surface area contributed by atoms with Gasteiger partial charge >= 0.3 is 0 Å². The highest BCUT2D eigenvalue weighted by atomic mass is 16.2. The van der Waals surface area contributed by atoms with Gasteiger partial charge in [-0.3, -0.25) is 9.59 Å². The predicted molar refractivity (Wildman–Crippen MR) is 111 cm³/mol. The standard InChI is InChI=1S/C22H31N5O2/c1-13(2)23-21(28)8-7-18-14(3)24-20-11-19(25-27(20)15(18)4)17-9-10-26(12-17)22(29)16-5-6-16/h11,13,16-17H,5-10,12H2,1-4H3,(H,23,28). The molecule has 4 rings (SSSR count). The number of nitrogens with zero attached hydrogens (tertiary/aromatic N) is 4. The summed E-state index contributed by atoms with van der Waals surface area (Å²) in [6.07, 6.45) is 4.16. The van der Waals surface area contributed by atoms with Gasteiger partial charge in [0, 0.05) is 54.8 Å². The number of aromatic nitrogens is 3. The van der Waals surface area contributed by atoms with Crippen molar-refractivity contribution in [2.45, 2.75) is 71.8 Å². The second-order valence-corrected chi connectivity index (χ2v) is 8.87. The van der Waals surface area contributed by atoms with Crippen molar-refractivity contribution in [3.63, 3.8) is 0 Å². The number of carbonyl (C=O) groups is 2. The molecule has 0 aromatic carbocycles. The maximum Gasteiger partial charge on any atom is 0.225 e. The molecule has 0 spiro atoms. The van der Waals surface area contributed by atoms with Gasteiger partial charge in [0.25, 0.3) is 0 Å². The second kappa shape index (κ2) is 7.76. The predicted octanol–water partition coefficient (Wildman–Crippen LogP) is 2.53. The highest BCUT2D eigenvalue weighted by Gasteiger charge is 2.37. The second-order valence-electron chi connectivity index (χ2n) is 8.87. The Kier molecular flexibility index (Phi) is 5.32. The zero-order chi connectivity index (χ0) is 20.7. The third-order valence-electron chi connectivity index (χ3n) is 6.08. The minimum Gasteiger partial charge on any atom is -0.354 e. The molecule has 1 saturated heterocycles. The van der Waals surface area contributed by atoms with Crippen molar-refractivity contribution in [1.29, 1.82) is 0 Å². The quantitative estimate of drug-likeness (QED) is 0.812. The lowest BCUT2D eigenvalue weighted by molar-refractivity contribution is -0.131. The van der Waals surface area contributed by atoms with Crippen LogP contribution < -0.4 is 5.32 Å². The Morgan fingerprint density at radius 3 is 2.69 bits per heavy atom. The van der Waals surface area contributed by atoms with E-state index in [0.717, 1.165) is 60.6 Å². The number of likely N-dealkylation sites (tertiary alicyclic amines) is 1. The maximum absolute atomic E-state index is 12.3. The van der Waals surface area contributed by atoms with Crippen LogP contribution in [0.2, 0.25) is 0 Å². The van der Waals surface area contributed by atoms with E-state index in [4.69, 9.17) is 10.1 Å². The largest absolute Gasteiger partial charge is 0.354 e. The Labute approximate surface area is 171 Å². The Morgan fingerprint density at radius 1 is 1.24 bits per heavy atom. The van der Waals surface area contributed by atoms with Crippen LogP contribution in [0.3, 0.4) is 0 Å². The molecule has 0 bridgehead atoms. The molecule has 2 fully saturated rings. The monoisotopic (exact) mass is 397 g/mol. The van der Waals surface area contributed by atoms with Gasteiger partial charge in [0.05, 0.1) is 5.69 Å². The number of aryl methyl sites for hydroxylation is 2. The van der Waals surface area contributed by atoms with Gasteiger partial charge in [-0.2, -0.15) is 5.10 Å². The minimum atomic E-state index is 0.0615. The van der Waals surface area contributed by atoms with Gasteiger partial charge in [0.2, 0.25) is 11.8 Å². The molecule has 1 aliphatic carbocycles. The third-order valence-corrected chi connectivity index (χ3v) is 6.08. The van der Waals surface area contributed by atoms with Gasteiger partial charge in [-0.15, -0.1) is 0 Å². The molecule has 2 amide bonds. The first-order valence-electron chi connectivity index (χ1n) is 10.8. The molecular weight excluding hydrogens is 366 g/mol. The Hall–Kier alpha value is -2.44. The zero-order valence-corrected chi connectivity index (χ0v) is 17.9. The smallest absolute Gasteiger partial charge is 0.225 e. The van der Waals surface area contributed by atoms with Crippen LogP contribution in [-0.2, 0) is 16.0 Å². The molecule has 2 aromatic rings. The van der Waals surface area contributed by atoms with Crippen molar-refractivity contribution >= 4 is 17.5 Å². The SMILES string of the molecule is Cc1nc2cc(C3CCN(C(=O)C4CC4)C3)nn2c(C)c1CCC(=O)NC(C)C. The lowest BCUT2D eigenvalue weighted by Crippen LogP contribution is -2.30. The van der Waals surface area contributed by atoms with E-state index < -0.39 is 0 Å². The number of carbonyl (C=O) groups excluding carboxylic acids is 2. The molecule has 1 atom stereocenters. The van der Waals surface area contributed by atoms with Crippen molar-refractivity contribution in [3.05, 3.63) is 28.7 Å². The Morgan fingerprint density at radius 2 is 2.00 bits per heavy atom. The molecule has 1 N–H and O–H groups in total. The van der Waals surface area contributed by atoms with E-state index in [9.17, 15) is 9.59 Å². The van der Waals surface area contributed by atoms with Crippen LogP contribution in [0.1, 0.15) is 68.1 Å². The summed E-state index contributed by atoms with van der Waals surface area (Å²) in [6.45, 7) is 9.58. The Bertz CT molecular complexity index is 944. The van der Waals surface area contributed by atoms with Crippen LogP contribution in [0.25, 0.3) is 5.65 Å². The van der Waals surface area contributed by atoms with E-state index in [1.54, 1.807) is 0 Å². The van der Waals surface area contributed by atoms with Gasteiger partial charge < -0.3 is 10.2 Å². The highest BCUT2D eigenvalue weighted by molar-refractivity contribution is 5.81. The van der Waals surface area contributed by atoms with E-state index in [0.29, 0.717) is 18.7 Å². The summed E-state index contributed by atoms with van der Waals surface area (Å²) in [5.41, 5.74) is 4.94. The summed E-state index contributed by atoms with van der Waals surface area (Å²) >= 11 is 0. The maximum atomic E-state index is 12.3. The molecule has 1 saturated carbocycles. The van der Waals surface area contributed by atoms with Crippen molar-refractivity contribution < 1.29 is 9.59 Å². The fourth-order valence-electron chi connectivity index (χ4n) is 4.33. The topological polar surface area (TPSA) is 79.6 Å². The average Bonchev–Trinajstić information content (AvgIpc) is 3.22. The molecule has 1 unspecified atom stereocenters. The number of nitrogens with one attached hydrogen (secondary N) is 1. The number of hydrogen-bond donors (Lipinski definition) is 1. The summed E-state index contributed by atoms with van der Waals surface area (Å²) < 4.78 is 1.91. The van der Waals surface area contributed by atoms with Gasteiger partial charge in [-0.25, -0.2) is 9.50 Å². The van der Waals surface area contributed by atoms with Crippen molar-refractivity contribution in [3.8, 4) is 0 Å². The lowest BCUT2D eigenvalue weighted by Gasteiger charge is -2.15. The number of fused-ring (bicyclic) bond motifs is 1. The Balaban J connectivity index is 1.51. The van der Waals surface area contributed by atoms with Crippen LogP contribution in [0, 0.1) is 19.8 Å². The summed E-state index contributed by atoms with van der Waals surface area (Å²) in [5, 5.41) is 7.78. The molecule has 7 nitrogen and oxygen atoms in total. The number of rotatable bonds is 6. The normalized spacial score (nSPS) is 19.3. The van der Waals surface area contributed by atoms with E-state index >= 15 is 0 Å². The number of amides is 2. The molecule has 156 valence electrons. The van der Waals surface area contributed by atoms with Gasteiger partial charge in [-0.1, -0.05) is 0 Å². The molecule has 0 radical (unpaired) electrons. The van der Waals surface area contributed by atoms with Crippen LogP contribution in [0.4, 0.5) is 0 Å². The molecule has 1 aliphatic heterocycles. The summed E-state index contributed by atoms with van der Waals surface area (Å²) in [5.74, 6) is 0.936. The van der Waals surface area contributed by atoms with Crippen LogP contribution >= 0.6 is 0 Å². The van der Waals surface area contributed by atoms with Crippen molar-refractivity contribution in [2.75, 3.05) is 13.1 Å². The first-order chi connectivity index (χ1) is 13.8. The van der Waals surface area contributed by atoms with Crippen LogP contribution in [0.5, 0.6) is 0 Å². The van der Waals surface area contributed by atoms with Gasteiger partial charge in [0.15, 0.2) is 5.65 Å². The number of hydrogen-bond acceptors (Lipinski definition) is 4. The summed E-state index contributed by atoms with van der Waals surface area (Å²) in [4.78, 5) is 31.2. The van der Waals surface area contributed by atoms with E-state index in [-0.39, 0.29) is 23.8 Å². The van der Waals surface area contributed by atoms with Crippen molar-refractivity contribution in [1.82, 2.24) is 24.8 Å². The van der Waals surface area contributed by atoms with E-state index in [1.807, 2.05) is 37.1 Å². The van der Waals surface area contributed by atoms with Crippen LogP contribution in [0.15, 0.2) is 6.07 Å². The molecule has 2 aliphatic rings.